The number of nitriles is 1. The fourth-order valence-corrected chi connectivity index (χ4v) is 6.69. The molecule has 3 aromatic rings. The molecule has 0 spiro atoms. The van der Waals surface area contributed by atoms with Gasteiger partial charge in [0.15, 0.2) is 0 Å². The molecule has 1 aromatic heterocycles. The Morgan fingerprint density at radius 3 is 2.45 bits per heavy atom. The van der Waals surface area contributed by atoms with Crippen molar-refractivity contribution < 1.29 is 9.53 Å². The highest BCUT2D eigenvalue weighted by Gasteiger charge is 2.64. The lowest BCUT2D eigenvalue weighted by Gasteiger charge is -2.63. The molecule has 2 heterocycles. The second-order valence-electron chi connectivity index (χ2n) is 11.9. The summed E-state index contributed by atoms with van der Waals surface area (Å²) in [5.74, 6) is 1.13. The van der Waals surface area contributed by atoms with Gasteiger partial charge in [-0.1, -0.05) is 44.5 Å². The minimum atomic E-state index is -0.328. The molecule has 1 saturated carbocycles. The van der Waals surface area contributed by atoms with Crippen molar-refractivity contribution in [1.29, 1.82) is 5.26 Å². The van der Waals surface area contributed by atoms with Crippen molar-refractivity contribution in [2.45, 2.75) is 59.1 Å². The molecular formula is C30H36Cl2N6O2. The van der Waals surface area contributed by atoms with Crippen LogP contribution >= 0.6 is 24.0 Å². The molecule has 0 radical (unpaired) electrons. The minimum Gasteiger partial charge on any atom is -0.489 e. The molecule has 2 N–H and O–H groups in total. The zero-order valence-corrected chi connectivity index (χ0v) is 24.9. The average molecular weight is 584 g/mol. The van der Waals surface area contributed by atoms with Gasteiger partial charge >= 0.3 is 0 Å². The molecule has 1 amide bonds. The summed E-state index contributed by atoms with van der Waals surface area (Å²) in [5, 5.41) is 24.8. The van der Waals surface area contributed by atoms with E-state index in [-0.39, 0.29) is 41.3 Å². The second kappa shape index (κ2) is 11.8. The van der Waals surface area contributed by atoms with Crippen LogP contribution < -0.4 is 15.4 Å². The molecular weight excluding hydrogens is 547 g/mol. The average Bonchev–Trinajstić information content (AvgIpc) is 3.39. The number of nitrogens with one attached hydrogen (secondary N) is 2. The van der Waals surface area contributed by atoms with Crippen LogP contribution in [-0.4, -0.2) is 46.1 Å². The Labute approximate surface area is 246 Å². The fraction of sp³-hybridized carbons (Fsp3) is 0.467. The number of ether oxygens (including phenoxy) is 1. The molecule has 0 atom stereocenters. The van der Waals surface area contributed by atoms with Gasteiger partial charge in [0.05, 0.1) is 28.2 Å². The van der Waals surface area contributed by atoms with Gasteiger partial charge in [0.1, 0.15) is 17.9 Å². The van der Waals surface area contributed by atoms with Crippen LogP contribution in [0.2, 0.25) is 5.02 Å². The smallest absolute Gasteiger partial charge is 0.251 e. The van der Waals surface area contributed by atoms with E-state index >= 15 is 0 Å². The fourth-order valence-electron chi connectivity index (χ4n) is 6.48. The number of amides is 1. The molecule has 8 nitrogen and oxygen atoms in total. The maximum atomic E-state index is 13.2. The van der Waals surface area contributed by atoms with Crippen LogP contribution in [0.25, 0.3) is 5.69 Å². The normalized spacial score (nSPS) is 21.4. The number of halogens is 2. The Morgan fingerprint density at radius 1 is 1.15 bits per heavy atom. The predicted octanol–water partition coefficient (Wildman–Crippen LogP) is 5.37. The molecule has 2 aromatic carbocycles. The largest absolute Gasteiger partial charge is 0.489 e. The van der Waals surface area contributed by atoms with E-state index in [1.807, 2.05) is 30.5 Å². The highest BCUT2D eigenvalue weighted by atomic mass is 35.5. The van der Waals surface area contributed by atoms with E-state index in [4.69, 9.17) is 21.6 Å². The Bertz CT molecular complexity index is 1370. The Morgan fingerprint density at radius 2 is 1.82 bits per heavy atom. The zero-order valence-electron chi connectivity index (χ0n) is 23.3. The molecule has 10 heteroatoms. The summed E-state index contributed by atoms with van der Waals surface area (Å²) in [6.07, 6.45) is 5.10. The number of hydrogen-bond donors (Lipinski definition) is 2. The van der Waals surface area contributed by atoms with Gasteiger partial charge in [-0.05, 0) is 74.7 Å². The topological polar surface area (TPSA) is 105 Å². The Kier molecular flexibility index (Phi) is 8.79. The van der Waals surface area contributed by atoms with E-state index in [0.29, 0.717) is 27.8 Å². The number of piperidine rings is 1. The second-order valence-corrected chi connectivity index (χ2v) is 12.3. The molecule has 2 fully saturated rings. The minimum absolute atomic E-state index is 0. The van der Waals surface area contributed by atoms with Crippen LogP contribution in [0.4, 0.5) is 0 Å². The molecule has 1 aliphatic heterocycles. The first-order valence-electron chi connectivity index (χ1n) is 13.5. The summed E-state index contributed by atoms with van der Waals surface area (Å²) in [5.41, 5.74) is 2.21. The molecule has 40 heavy (non-hydrogen) atoms. The number of nitrogens with zero attached hydrogens (tertiary/aromatic N) is 4. The molecule has 0 bridgehead atoms. The van der Waals surface area contributed by atoms with Gasteiger partial charge in [0.25, 0.3) is 5.91 Å². The summed E-state index contributed by atoms with van der Waals surface area (Å²) < 4.78 is 8.10. The summed E-state index contributed by atoms with van der Waals surface area (Å²) in [6.45, 7) is 10.5. The van der Waals surface area contributed by atoms with Gasteiger partial charge < -0.3 is 15.4 Å². The van der Waals surface area contributed by atoms with Crippen LogP contribution in [0.3, 0.4) is 0 Å². The predicted molar refractivity (Wildman–Crippen MR) is 157 cm³/mol. The van der Waals surface area contributed by atoms with Crippen LogP contribution in [0.15, 0.2) is 48.7 Å². The van der Waals surface area contributed by atoms with Gasteiger partial charge in [-0.15, -0.1) is 17.5 Å². The summed E-state index contributed by atoms with van der Waals surface area (Å²) in [4.78, 5) is 13.2. The van der Waals surface area contributed by atoms with E-state index in [9.17, 15) is 4.79 Å². The van der Waals surface area contributed by atoms with Crippen LogP contribution in [0, 0.1) is 28.1 Å². The third kappa shape index (κ3) is 5.83. The summed E-state index contributed by atoms with van der Waals surface area (Å²) >= 11 is 6.20. The van der Waals surface area contributed by atoms with Gasteiger partial charge in [0, 0.05) is 28.5 Å². The molecule has 2 aliphatic rings. The van der Waals surface area contributed by atoms with Crippen molar-refractivity contribution in [3.63, 3.8) is 0 Å². The molecule has 1 saturated heterocycles. The number of benzene rings is 2. The number of rotatable bonds is 7. The van der Waals surface area contributed by atoms with Crippen LogP contribution in [0.5, 0.6) is 5.75 Å². The lowest BCUT2D eigenvalue weighted by Crippen LogP contribution is -2.74. The number of hydrogen-bond acceptors (Lipinski definition) is 6. The van der Waals surface area contributed by atoms with Crippen molar-refractivity contribution in [3.8, 4) is 17.5 Å². The first-order chi connectivity index (χ1) is 18.6. The lowest BCUT2D eigenvalue weighted by molar-refractivity contribution is -0.164. The number of carbonyl (C=O) groups is 1. The molecule has 5 rings (SSSR count). The monoisotopic (exact) mass is 582 g/mol. The Hall–Kier alpha value is -3.12. The Balaban J connectivity index is 0.00000370. The first-order valence-corrected chi connectivity index (χ1v) is 13.9. The third-order valence-corrected chi connectivity index (χ3v) is 8.63. The van der Waals surface area contributed by atoms with Crippen molar-refractivity contribution >= 4 is 29.9 Å². The summed E-state index contributed by atoms with van der Waals surface area (Å²) in [7, 11) is 0. The summed E-state index contributed by atoms with van der Waals surface area (Å²) in [6, 6.07) is 14.5. The van der Waals surface area contributed by atoms with E-state index < -0.39 is 0 Å². The number of carbonyl (C=O) groups excluding carboxylic acids is 1. The van der Waals surface area contributed by atoms with E-state index in [0.717, 1.165) is 30.9 Å². The van der Waals surface area contributed by atoms with E-state index in [1.54, 1.807) is 22.9 Å². The maximum Gasteiger partial charge on any atom is 0.251 e. The highest BCUT2D eigenvalue weighted by molar-refractivity contribution is 6.31. The molecule has 212 valence electrons. The zero-order chi connectivity index (χ0) is 27.8. The van der Waals surface area contributed by atoms with Gasteiger partial charge in [-0.2, -0.15) is 5.26 Å². The van der Waals surface area contributed by atoms with Crippen molar-refractivity contribution in [2.24, 2.45) is 16.7 Å². The van der Waals surface area contributed by atoms with Crippen molar-refractivity contribution in [2.75, 3.05) is 13.1 Å². The van der Waals surface area contributed by atoms with Crippen molar-refractivity contribution in [3.05, 3.63) is 70.5 Å². The lowest BCUT2D eigenvalue weighted by atomic mass is 9.49. The maximum absolute atomic E-state index is 13.2. The SMILES string of the molecule is CC1(C)C(NC(=O)c2ccc(-n3cc(CC4CCNCC4)nn3)cc2)C(C)(C)C1Oc1ccc(C#N)c(Cl)c1.Cl. The molecule has 1 aliphatic carbocycles. The van der Waals surface area contributed by atoms with Crippen LogP contribution in [0.1, 0.15) is 62.2 Å². The van der Waals surface area contributed by atoms with Gasteiger partial charge in [0.2, 0.25) is 0 Å². The van der Waals surface area contributed by atoms with E-state index in [2.05, 4.69) is 54.7 Å². The number of aromatic nitrogens is 3. The quantitative estimate of drug-likeness (QED) is 0.388. The van der Waals surface area contributed by atoms with Gasteiger partial charge in [-0.3, -0.25) is 4.79 Å². The first kappa shape index (κ1) is 29.9. The van der Waals surface area contributed by atoms with Crippen molar-refractivity contribution in [1.82, 2.24) is 25.6 Å². The standard InChI is InChI=1S/C30H35ClN6O2.ClH/c1-29(2)27(30(3,4)28(29)39-24-10-7-21(17-32)25(31)16-24)34-26(38)20-5-8-23(9-6-20)37-18-22(35-36-37)15-19-11-13-33-14-12-19;/h5-10,16,18-19,27-28,33H,11-15H2,1-4H3,(H,34,38);1H. The van der Waals surface area contributed by atoms with E-state index in [1.165, 1.54) is 12.8 Å². The highest BCUT2D eigenvalue weighted by Crippen LogP contribution is 2.55. The van der Waals surface area contributed by atoms with Gasteiger partial charge in [-0.25, -0.2) is 4.68 Å². The third-order valence-electron chi connectivity index (χ3n) is 8.32. The van der Waals surface area contributed by atoms with Crippen LogP contribution in [-0.2, 0) is 6.42 Å². The molecule has 0 unspecified atom stereocenters.